The first kappa shape index (κ1) is 17.8. The molecule has 0 bridgehead atoms. The van der Waals surface area contributed by atoms with Gasteiger partial charge in [0.15, 0.2) is 7.05 Å². The van der Waals surface area contributed by atoms with E-state index in [-0.39, 0.29) is 5.91 Å². The minimum absolute atomic E-state index is 0.205. The van der Waals surface area contributed by atoms with Gasteiger partial charge in [0, 0.05) is 4.88 Å². The normalized spacial score (nSPS) is 14.6. The number of hydrogen-bond donors (Lipinski definition) is 2. The molecule has 9 heteroatoms. The number of thiophene rings is 1. The molecule has 1 aliphatic rings. The second kappa shape index (κ2) is 7.45. The molecule has 2 aromatic rings. The van der Waals surface area contributed by atoms with Gasteiger partial charge >= 0.3 is 10.7 Å². The fraction of sp³-hybridized carbons (Fsp3) is 0.500. The van der Waals surface area contributed by atoms with Gasteiger partial charge in [-0.1, -0.05) is 11.6 Å². The fourth-order valence-electron chi connectivity index (χ4n) is 2.88. The summed E-state index contributed by atoms with van der Waals surface area (Å²) in [6.07, 6.45) is 4.62. The number of carbonyl (C=O) groups is 1. The zero-order valence-corrected chi connectivity index (χ0v) is 15.7. The van der Waals surface area contributed by atoms with Gasteiger partial charge in [-0.15, -0.1) is 11.3 Å². The summed E-state index contributed by atoms with van der Waals surface area (Å²) in [5.41, 5.74) is 1.19. The molecule has 7 nitrogen and oxygen atoms in total. The molecule has 1 unspecified atom stereocenters. The van der Waals surface area contributed by atoms with E-state index >= 15 is 0 Å². The Labute approximate surface area is 153 Å². The molecule has 0 aliphatic heterocycles. The highest BCUT2D eigenvalue weighted by atomic mass is 32.2. The van der Waals surface area contributed by atoms with Crippen LogP contribution in [0.15, 0.2) is 14.3 Å². The number of nitrogens with one attached hydrogen (secondary N) is 2. The molecule has 0 saturated carbocycles. The third-order valence-corrected chi connectivity index (χ3v) is 6.89. The lowest BCUT2D eigenvalue weighted by molar-refractivity contribution is -0.772. The Balaban J connectivity index is 1.80. The zero-order valence-electron chi connectivity index (χ0n) is 14.0. The SMILES string of the molecule is CCC(Sc1c(=O)o[nH][n+]1C)C(=O)Nc1sc2c(c1C#N)CCCC2. The molecule has 1 amide bonds. The second-order valence-corrected chi connectivity index (χ2v) is 8.17. The Kier molecular flexibility index (Phi) is 5.30. The first-order valence-electron chi connectivity index (χ1n) is 8.14. The molecule has 0 aromatic carbocycles. The van der Waals surface area contributed by atoms with Crippen LogP contribution in [0.5, 0.6) is 0 Å². The largest absolute Gasteiger partial charge is 0.441 e. The van der Waals surface area contributed by atoms with Crippen LogP contribution in [0.2, 0.25) is 0 Å². The van der Waals surface area contributed by atoms with Crippen LogP contribution in [0.25, 0.3) is 0 Å². The molecule has 2 heterocycles. The van der Waals surface area contributed by atoms with E-state index < -0.39 is 10.9 Å². The van der Waals surface area contributed by atoms with Crippen molar-refractivity contribution >= 4 is 34.0 Å². The lowest BCUT2D eigenvalue weighted by Crippen LogP contribution is -2.35. The van der Waals surface area contributed by atoms with E-state index in [1.165, 1.54) is 20.9 Å². The van der Waals surface area contributed by atoms with Gasteiger partial charge in [-0.05, 0) is 54.7 Å². The predicted octanol–water partition coefficient (Wildman–Crippen LogP) is 2.11. The molecular formula is C16H19N4O3S2+. The molecule has 0 spiro atoms. The van der Waals surface area contributed by atoms with Crippen LogP contribution in [0.3, 0.4) is 0 Å². The van der Waals surface area contributed by atoms with Crippen LogP contribution in [0, 0.1) is 11.3 Å². The number of hydrogen-bond acceptors (Lipinski definition) is 6. The van der Waals surface area contributed by atoms with Crippen LogP contribution in [-0.4, -0.2) is 16.4 Å². The summed E-state index contributed by atoms with van der Waals surface area (Å²) in [4.78, 5) is 25.6. The number of rotatable bonds is 5. The molecule has 3 rings (SSSR count). The Morgan fingerprint density at radius 3 is 2.92 bits per heavy atom. The molecule has 2 aromatic heterocycles. The number of nitriles is 1. The highest BCUT2D eigenvalue weighted by molar-refractivity contribution is 8.00. The number of amides is 1. The average Bonchev–Trinajstić information content (AvgIpc) is 3.12. The first-order valence-corrected chi connectivity index (χ1v) is 9.84. The molecule has 132 valence electrons. The highest BCUT2D eigenvalue weighted by Gasteiger charge is 2.29. The fourth-order valence-corrected chi connectivity index (χ4v) is 5.06. The van der Waals surface area contributed by atoms with Gasteiger partial charge in [0.2, 0.25) is 5.91 Å². The van der Waals surface area contributed by atoms with Crippen LogP contribution in [0.1, 0.15) is 42.2 Å². The maximum atomic E-state index is 12.7. The molecule has 2 N–H and O–H groups in total. The number of aromatic nitrogens is 2. The summed E-state index contributed by atoms with van der Waals surface area (Å²) in [6.45, 7) is 1.89. The van der Waals surface area contributed by atoms with Crippen molar-refractivity contribution in [1.29, 1.82) is 5.26 Å². The number of anilines is 1. The van der Waals surface area contributed by atoms with Gasteiger partial charge in [0.05, 0.1) is 10.8 Å². The average molecular weight is 379 g/mol. The van der Waals surface area contributed by atoms with Crippen LogP contribution in [0.4, 0.5) is 5.00 Å². The van der Waals surface area contributed by atoms with Crippen molar-refractivity contribution in [2.75, 3.05) is 5.32 Å². The second-order valence-electron chi connectivity index (χ2n) is 5.88. The molecule has 25 heavy (non-hydrogen) atoms. The van der Waals surface area contributed by atoms with E-state index in [9.17, 15) is 14.9 Å². The molecule has 1 aliphatic carbocycles. The molecule has 0 saturated heterocycles. The molecule has 0 radical (unpaired) electrons. The maximum absolute atomic E-state index is 12.7. The monoisotopic (exact) mass is 379 g/mol. The molecule has 1 atom stereocenters. The smallest absolute Gasteiger partial charge is 0.316 e. The highest BCUT2D eigenvalue weighted by Crippen LogP contribution is 2.38. The van der Waals surface area contributed by atoms with Crippen molar-refractivity contribution < 1.29 is 14.0 Å². The number of aromatic amines is 1. The summed E-state index contributed by atoms with van der Waals surface area (Å²) >= 11 is 2.66. The van der Waals surface area contributed by atoms with Crippen molar-refractivity contribution in [3.63, 3.8) is 0 Å². The van der Waals surface area contributed by atoms with E-state index in [0.717, 1.165) is 43.0 Å². The predicted molar refractivity (Wildman–Crippen MR) is 94.7 cm³/mol. The van der Waals surface area contributed by atoms with Crippen molar-refractivity contribution in [2.45, 2.75) is 49.3 Å². The summed E-state index contributed by atoms with van der Waals surface area (Å²) in [5.74, 6) is -0.205. The van der Waals surface area contributed by atoms with Gasteiger partial charge in [-0.2, -0.15) is 5.26 Å². The number of nitrogens with zero attached hydrogens (tertiary/aromatic N) is 2. The number of carbonyl (C=O) groups excluding carboxylic acids is 1. The lowest BCUT2D eigenvalue weighted by Gasteiger charge is -2.11. The number of H-pyrrole nitrogens is 1. The zero-order chi connectivity index (χ0) is 18.0. The standard InChI is InChI=1S/C16H18N4O3S2/c1-3-11(25-15-16(22)23-19-20(15)2)13(21)18-14-10(8-17)9-6-4-5-7-12(9)24-14/h11H,3-7H2,1-2H3,(H-,18,19,21,22)/p+1. The van der Waals surface area contributed by atoms with Crippen molar-refractivity contribution in [3.8, 4) is 6.07 Å². The van der Waals surface area contributed by atoms with Crippen molar-refractivity contribution in [1.82, 2.24) is 5.27 Å². The van der Waals surface area contributed by atoms with Crippen LogP contribution in [-0.2, 0) is 24.7 Å². The minimum atomic E-state index is -0.497. The van der Waals surface area contributed by atoms with E-state index in [2.05, 4.69) is 16.7 Å². The minimum Gasteiger partial charge on any atom is -0.316 e. The van der Waals surface area contributed by atoms with Gasteiger partial charge in [-0.25, -0.2) is 4.79 Å². The third-order valence-electron chi connectivity index (χ3n) is 4.19. The first-order chi connectivity index (χ1) is 12.0. The Morgan fingerprint density at radius 2 is 2.28 bits per heavy atom. The van der Waals surface area contributed by atoms with E-state index in [1.807, 2.05) is 6.92 Å². The summed E-state index contributed by atoms with van der Waals surface area (Å²) in [5, 5.41) is 15.4. The lowest BCUT2D eigenvalue weighted by atomic mass is 9.96. The maximum Gasteiger partial charge on any atom is 0.441 e. The Bertz CT molecular complexity index is 890. The van der Waals surface area contributed by atoms with Gasteiger partial charge < -0.3 is 5.32 Å². The van der Waals surface area contributed by atoms with Gasteiger partial charge in [-0.3, -0.25) is 9.32 Å². The molecule has 0 fully saturated rings. The Morgan fingerprint density at radius 1 is 1.52 bits per heavy atom. The van der Waals surface area contributed by atoms with Crippen molar-refractivity contribution in [3.05, 3.63) is 26.4 Å². The van der Waals surface area contributed by atoms with Gasteiger partial charge in [0.1, 0.15) is 11.1 Å². The number of aryl methyl sites for hydroxylation is 2. The van der Waals surface area contributed by atoms with Crippen LogP contribution < -0.4 is 15.6 Å². The van der Waals surface area contributed by atoms with Gasteiger partial charge in [0.25, 0.3) is 0 Å². The summed E-state index contributed by atoms with van der Waals surface area (Å²) in [7, 11) is 1.65. The topological polar surface area (TPSA) is 103 Å². The van der Waals surface area contributed by atoms with E-state index in [0.29, 0.717) is 22.0 Å². The summed E-state index contributed by atoms with van der Waals surface area (Å²) in [6, 6.07) is 2.24. The van der Waals surface area contributed by atoms with Crippen LogP contribution >= 0.6 is 23.1 Å². The number of thioether (sulfide) groups is 1. The Hall–Kier alpha value is -2.05. The number of fused-ring (bicyclic) bond motifs is 1. The summed E-state index contributed by atoms with van der Waals surface area (Å²) < 4.78 is 6.17. The quantitative estimate of drug-likeness (QED) is 0.612. The van der Waals surface area contributed by atoms with Crippen molar-refractivity contribution in [2.24, 2.45) is 7.05 Å². The molecular weight excluding hydrogens is 360 g/mol. The van der Waals surface area contributed by atoms with E-state index in [4.69, 9.17) is 4.52 Å². The van der Waals surface area contributed by atoms with E-state index in [1.54, 1.807) is 7.05 Å². The third kappa shape index (κ3) is 3.50.